The van der Waals surface area contributed by atoms with Crippen LogP contribution in [0, 0.1) is 15.9 Å². The second-order valence-electron chi connectivity index (χ2n) is 4.34. The molecule has 0 heterocycles. The number of benzene rings is 2. The largest absolute Gasteiger partial charge is 0.378 e. The summed E-state index contributed by atoms with van der Waals surface area (Å²) in [4.78, 5) is 10.1. The van der Waals surface area contributed by atoms with Crippen molar-refractivity contribution >= 4 is 23.0 Å². The number of nitrogens with zero attached hydrogens (tertiary/aromatic N) is 1. The molecule has 20 heavy (non-hydrogen) atoms. The highest BCUT2D eigenvalue weighted by Gasteiger charge is 2.13. The molecule has 2 rings (SSSR count). The number of nitro benzene ring substituents is 1. The summed E-state index contributed by atoms with van der Waals surface area (Å²) in [6.45, 7) is 1.91. The summed E-state index contributed by atoms with van der Waals surface area (Å²) in [6.07, 6.45) is 0. The van der Waals surface area contributed by atoms with Crippen molar-refractivity contribution in [2.45, 2.75) is 13.0 Å². The van der Waals surface area contributed by atoms with E-state index in [1.54, 1.807) is 18.2 Å². The fourth-order valence-corrected chi connectivity index (χ4v) is 2.08. The third kappa shape index (κ3) is 3.24. The van der Waals surface area contributed by atoms with Crippen molar-refractivity contribution in [3.8, 4) is 0 Å². The predicted molar refractivity (Wildman–Crippen MR) is 76.5 cm³/mol. The van der Waals surface area contributed by atoms with Gasteiger partial charge in [-0.25, -0.2) is 4.39 Å². The number of anilines is 1. The predicted octanol–water partition coefficient (Wildman–Crippen LogP) is 4.56. The lowest BCUT2D eigenvalue weighted by Gasteiger charge is -2.15. The maximum atomic E-state index is 12.8. The van der Waals surface area contributed by atoms with E-state index in [2.05, 4.69) is 5.32 Å². The summed E-state index contributed by atoms with van der Waals surface area (Å²) in [5.74, 6) is -0.292. The summed E-state index contributed by atoms with van der Waals surface area (Å²) < 4.78 is 12.8. The van der Waals surface area contributed by atoms with Crippen LogP contribution in [0.1, 0.15) is 18.5 Å². The molecule has 0 saturated carbocycles. The minimum atomic E-state index is -0.532. The van der Waals surface area contributed by atoms with E-state index < -0.39 is 4.92 Å². The maximum absolute atomic E-state index is 12.8. The zero-order valence-electron chi connectivity index (χ0n) is 10.6. The Morgan fingerprint density at radius 2 is 1.90 bits per heavy atom. The molecular weight excluding hydrogens is 283 g/mol. The van der Waals surface area contributed by atoms with Crippen LogP contribution in [0.25, 0.3) is 0 Å². The van der Waals surface area contributed by atoms with E-state index in [0.717, 1.165) is 5.56 Å². The first kappa shape index (κ1) is 14.3. The standard InChI is InChI=1S/C14H12ClFN2O2/c1-9(10-2-4-11(16)5-3-10)17-12-6-7-14(18(19)20)13(15)8-12/h2-9,17H,1H3. The average Bonchev–Trinajstić information content (AvgIpc) is 2.39. The molecule has 1 unspecified atom stereocenters. The number of halogens is 2. The third-order valence-electron chi connectivity index (χ3n) is 2.90. The summed E-state index contributed by atoms with van der Waals surface area (Å²) in [5.41, 5.74) is 1.44. The molecule has 1 atom stereocenters. The SMILES string of the molecule is CC(Nc1ccc([N+](=O)[O-])c(Cl)c1)c1ccc(F)cc1. The van der Waals surface area contributed by atoms with E-state index in [1.165, 1.54) is 24.3 Å². The molecule has 6 heteroatoms. The van der Waals surface area contributed by atoms with Crippen LogP contribution < -0.4 is 5.32 Å². The summed E-state index contributed by atoms with van der Waals surface area (Å²) in [5, 5.41) is 13.9. The van der Waals surface area contributed by atoms with Gasteiger partial charge in [0.1, 0.15) is 10.8 Å². The van der Waals surface area contributed by atoms with E-state index in [0.29, 0.717) is 5.69 Å². The van der Waals surface area contributed by atoms with Crippen LogP contribution in [0.3, 0.4) is 0 Å². The van der Waals surface area contributed by atoms with Crippen molar-refractivity contribution in [2.24, 2.45) is 0 Å². The lowest BCUT2D eigenvalue weighted by Crippen LogP contribution is -2.06. The zero-order valence-corrected chi connectivity index (χ0v) is 11.4. The molecule has 104 valence electrons. The van der Waals surface area contributed by atoms with Gasteiger partial charge in [-0.1, -0.05) is 23.7 Å². The van der Waals surface area contributed by atoms with Gasteiger partial charge in [0.25, 0.3) is 5.69 Å². The minimum Gasteiger partial charge on any atom is -0.378 e. The fourth-order valence-electron chi connectivity index (χ4n) is 1.83. The van der Waals surface area contributed by atoms with Crippen LogP contribution in [0.2, 0.25) is 5.02 Å². The van der Waals surface area contributed by atoms with Crippen LogP contribution in [0.4, 0.5) is 15.8 Å². The maximum Gasteiger partial charge on any atom is 0.288 e. The zero-order chi connectivity index (χ0) is 14.7. The Balaban J connectivity index is 2.15. The van der Waals surface area contributed by atoms with Crippen molar-refractivity contribution in [2.75, 3.05) is 5.32 Å². The molecular formula is C14H12ClFN2O2. The molecule has 2 aromatic rings. The number of nitro groups is 1. The Bertz CT molecular complexity index is 632. The summed E-state index contributed by atoms with van der Waals surface area (Å²) in [6, 6.07) is 10.5. The van der Waals surface area contributed by atoms with Crippen LogP contribution >= 0.6 is 11.6 Å². The van der Waals surface area contributed by atoms with Gasteiger partial charge in [-0.2, -0.15) is 0 Å². The van der Waals surface area contributed by atoms with Crippen LogP contribution in [-0.2, 0) is 0 Å². The van der Waals surface area contributed by atoms with E-state index in [1.807, 2.05) is 6.92 Å². The van der Waals surface area contributed by atoms with Gasteiger partial charge in [0.15, 0.2) is 0 Å². The molecule has 0 fully saturated rings. The van der Waals surface area contributed by atoms with E-state index in [9.17, 15) is 14.5 Å². The van der Waals surface area contributed by atoms with Gasteiger partial charge in [-0.15, -0.1) is 0 Å². The first-order valence-electron chi connectivity index (χ1n) is 5.93. The molecule has 1 N–H and O–H groups in total. The third-order valence-corrected chi connectivity index (χ3v) is 3.20. The van der Waals surface area contributed by atoms with Crippen molar-refractivity contribution in [1.29, 1.82) is 0 Å². The Morgan fingerprint density at radius 1 is 1.25 bits per heavy atom. The molecule has 2 aromatic carbocycles. The molecule has 0 amide bonds. The Hall–Kier alpha value is -2.14. The molecule has 4 nitrogen and oxygen atoms in total. The minimum absolute atomic E-state index is 0.0753. The quantitative estimate of drug-likeness (QED) is 0.664. The first-order chi connectivity index (χ1) is 9.47. The smallest absolute Gasteiger partial charge is 0.288 e. The fraction of sp³-hybridized carbons (Fsp3) is 0.143. The van der Waals surface area contributed by atoms with Gasteiger partial charge < -0.3 is 5.32 Å². The Kier molecular flexibility index (Phi) is 4.20. The van der Waals surface area contributed by atoms with Crippen LogP contribution in [-0.4, -0.2) is 4.92 Å². The lowest BCUT2D eigenvalue weighted by atomic mass is 10.1. The van der Waals surface area contributed by atoms with Crippen LogP contribution in [0.5, 0.6) is 0 Å². The Morgan fingerprint density at radius 3 is 2.45 bits per heavy atom. The second kappa shape index (κ2) is 5.88. The van der Waals surface area contributed by atoms with Gasteiger partial charge >= 0.3 is 0 Å². The number of rotatable bonds is 4. The molecule has 0 aliphatic rings. The van der Waals surface area contributed by atoms with Crippen molar-refractivity contribution < 1.29 is 9.31 Å². The molecule has 0 aliphatic carbocycles. The highest BCUT2D eigenvalue weighted by Crippen LogP contribution is 2.29. The topological polar surface area (TPSA) is 55.2 Å². The summed E-state index contributed by atoms with van der Waals surface area (Å²) in [7, 11) is 0. The second-order valence-corrected chi connectivity index (χ2v) is 4.75. The van der Waals surface area contributed by atoms with Gasteiger partial charge in [-0.05, 0) is 36.8 Å². The number of nitrogens with one attached hydrogen (secondary N) is 1. The highest BCUT2D eigenvalue weighted by molar-refractivity contribution is 6.32. The molecule has 0 bridgehead atoms. The first-order valence-corrected chi connectivity index (χ1v) is 6.31. The molecule has 0 saturated heterocycles. The average molecular weight is 295 g/mol. The normalized spacial score (nSPS) is 11.9. The molecule has 0 aromatic heterocycles. The van der Waals surface area contributed by atoms with E-state index in [4.69, 9.17) is 11.6 Å². The molecule has 0 aliphatic heterocycles. The van der Waals surface area contributed by atoms with E-state index >= 15 is 0 Å². The highest BCUT2D eigenvalue weighted by atomic mass is 35.5. The van der Waals surface area contributed by atoms with Gasteiger partial charge in [0.05, 0.1) is 4.92 Å². The molecule has 0 radical (unpaired) electrons. The Labute approximate surface area is 120 Å². The lowest BCUT2D eigenvalue weighted by molar-refractivity contribution is -0.384. The summed E-state index contributed by atoms with van der Waals surface area (Å²) >= 11 is 5.84. The number of hydrogen-bond acceptors (Lipinski definition) is 3. The molecule has 0 spiro atoms. The van der Waals surface area contributed by atoms with Crippen LogP contribution in [0.15, 0.2) is 42.5 Å². The van der Waals surface area contributed by atoms with Gasteiger partial charge in [0, 0.05) is 17.8 Å². The van der Waals surface area contributed by atoms with Gasteiger partial charge in [-0.3, -0.25) is 10.1 Å². The van der Waals surface area contributed by atoms with Gasteiger partial charge in [0.2, 0.25) is 0 Å². The van der Waals surface area contributed by atoms with Crippen molar-refractivity contribution in [3.63, 3.8) is 0 Å². The van der Waals surface area contributed by atoms with E-state index in [-0.39, 0.29) is 22.6 Å². The number of hydrogen-bond donors (Lipinski definition) is 1. The van der Waals surface area contributed by atoms with Crippen molar-refractivity contribution in [1.82, 2.24) is 0 Å². The van der Waals surface area contributed by atoms with Crippen molar-refractivity contribution in [3.05, 3.63) is 69.0 Å². The monoisotopic (exact) mass is 294 g/mol.